The van der Waals surface area contributed by atoms with Gasteiger partial charge < -0.3 is 18.7 Å². The molecule has 0 saturated heterocycles. The number of rotatable bonds is 5. The van der Waals surface area contributed by atoms with Gasteiger partial charge in [-0.25, -0.2) is 0 Å². The SMILES string of the molecule is Cc1ccc(C2C(C(=O)c3cc4cc(Cl)ccc4o3)=C(O)C(=O)N2c2ccc(OC(F)(F)F)cc2)o1. The molecule has 0 bridgehead atoms. The molecule has 1 aliphatic rings. The number of benzene rings is 2. The van der Waals surface area contributed by atoms with Crippen molar-refractivity contribution in [3.8, 4) is 5.75 Å². The second-order valence-electron chi connectivity index (χ2n) is 7.95. The number of carbonyl (C=O) groups excluding carboxylic acids is 2. The maximum atomic E-state index is 13.5. The summed E-state index contributed by atoms with van der Waals surface area (Å²) in [5, 5.41) is 11.7. The Hall–Kier alpha value is -4.18. The zero-order chi connectivity index (χ0) is 25.8. The number of ether oxygens (including phenoxy) is 1. The number of amides is 1. The molecule has 2 aromatic carbocycles. The number of furan rings is 2. The minimum absolute atomic E-state index is 0.0966. The van der Waals surface area contributed by atoms with Crippen LogP contribution in [0.1, 0.15) is 28.1 Å². The monoisotopic (exact) mass is 517 g/mol. The highest BCUT2D eigenvalue weighted by atomic mass is 35.5. The first-order valence-electron chi connectivity index (χ1n) is 10.4. The van der Waals surface area contributed by atoms with Gasteiger partial charge in [-0.3, -0.25) is 14.5 Å². The molecule has 2 aromatic heterocycles. The molecular weight excluding hydrogens is 503 g/mol. The molecule has 1 amide bonds. The quantitative estimate of drug-likeness (QED) is 0.297. The number of carbonyl (C=O) groups is 2. The van der Waals surface area contributed by atoms with Crippen molar-refractivity contribution in [2.45, 2.75) is 19.3 Å². The van der Waals surface area contributed by atoms with E-state index in [0.717, 1.165) is 17.0 Å². The van der Waals surface area contributed by atoms with Gasteiger partial charge in [-0.2, -0.15) is 0 Å². The Labute approximate surface area is 205 Å². The summed E-state index contributed by atoms with van der Waals surface area (Å²) >= 11 is 6.00. The van der Waals surface area contributed by atoms with Crippen LogP contribution in [0.3, 0.4) is 0 Å². The molecule has 36 heavy (non-hydrogen) atoms. The second kappa shape index (κ2) is 8.49. The van der Waals surface area contributed by atoms with Crippen LogP contribution in [0, 0.1) is 6.92 Å². The Balaban J connectivity index is 1.58. The predicted molar refractivity (Wildman–Crippen MR) is 122 cm³/mol. The molecule has 1 N–H and O–H groups in total. The van der Waals surface area contributed by atoms with Gasteiger partial charge in [0.2, 0.25) is 5.78 Å². The summed E-state index contributed by atoms with van der Waals surface area (Å²) in [4.78, 5) is 27.7. The molecule has 1 unspecified atom stereocenters. The number of hydrogen-bond donors (Lipinski definition) is 1. The van der Waals surface area contributed by atoms with Gasteiger partial charge in [0, 0.05) is 16.1 Å². The minimum Gasteiger partial charge on any atom is -0.503 e. The van der Waals surface area contributed by atoms with Gasteiger partial charge in [0.05, 0.1) is 5.57 Å². The van der Waals surface area contributed by atoms with Gasteiger partial charge in [-0.15, -0.1) is 13.2 Å². The fourth-order valence-corrected chi connectivity index (χ4v) is 4.22. The molecule has 5 rings (SSSR count). The number of Topliss-reactive ketones (excluding diaryl/α,β-unsaturated/α-hetero) is 1. The van der Waals surface area contributed by atoms with Crippen LogP contribution in [-0.2, 0) is 4.79 Å². The van der Waals surface area contributed by atoms with Gasteiger partial charge in [0.25, 0.3) is 5.91 Å². The molecular formula is C25H15ClF3NO6. The third-order valence-electron chi connectivity index (χ3n) is 5.53. The van der Waals surface area contributed by atoms with E-state index in [9.17, 15) is 27.9 Å². The number of anilines is 1. The zero-order valence-electron chi connectivity index (χ0n) is 18.3. The van der Waals surface area contributed by atoms with Gasteiger partial charge in [0.1, 0.15) is 28.9 Å². The van der Waals surface area contributed by atoms with Crippen molar-refractivity contribution in [3.05, 3.63) is 94.3 Å². The zero-order valence-corrected chi connectivity index (χ0v) is 19.1. The smallest absolute Gasteiger partial charge is 0.503 e. The molecule has 0 saturated carbocycles. The lowest BCUT2D eigenvalue weighted by atomic mass is 9.99. The van der Waals surface area contributed by atoms with Crippen molar-refractivity contribution in [2.75, 3.05) is 4.90 Å². The molecule has 4 aromatic rings. The number of fused-ring (bicyclic) bond motifs is 1. The average molecular weight is 518 g/mol. The Kier molecular flexibility index (Phi) is 5.55. The number of nitrogens with zero attached hydrogens (tertiary/aromatic N) is 1. The predicted octanol–water partition coefficient (Wildman–Crippen LogP) is 6.67. The number of alkyl halides is 3. The first-order valence-corrected chi connectivity index (χ1v) is 10.8. The number of halogens is 4. The van der Waals surface area contributed by atoms with E-state index < -0.39 is 35.6 Å². The van der Waals surface area contributed by atoms with Crippen molar-refractivity contribution in [1.29, 1.82) is 0 Å². The summed E-state index contributed by atoms with van der Waals surface area (Å²) in [6.07, 6.45) is -4.89. The van der Waals surface area contributed by atoms with E-state index in [1.54, 1.807) is 31.2 Å². The highest BCUT2D eigenvalue weighted by Gasteiger charge is 2.47. The number of aryl methyl sites for hydroxylation is 1. The number of hydrogen-bond acceptors (Lipinski definition) is 6. The summed E-state index contributed by atoms with van der Waals surface area (Å²) < 4.78 is 52.8. The molecule has 0 radical (unpaired) electrons. The summed E-state index contributed by atoms with van der Waals surface area (Å²) in [5.74, 6) is -2.57. The van der Waals surface area contributed by atoms with E-state index in [2.05, 4.69) is 4.74 Å². The van der Waals surface area contributed by atoms with Crippen LogP contribution in [0.2, 0.25) is 5.02 Å². The van der Waals surface area contributed by atoms with Crippen molar-refractivity contribution < 1.29 is 41.4 Å². The molecule has 184 valence electrons. The van der Waals surface area contributed by atoms with E-state index in [4.69, 9.17) is 20.4 Å². The first-order chi connectivity index (χ1) is 17.0. The third-order valence-corrected chi connectivity index (χ3v) is 5.77. The minimum atomic E-state index is -4.89. The summed E-state index contributed by atoms with van der Waals surface area (Å²) in [7, 11) is 0. The van der Waals surface area contributed by atoms with Crippen LogP contribution in [0.4, 0.5) is 18.9 Å². The highest BCUT2D eigenvalue weighted by Crippen LogP contribution is 2.43. The van der Waals surface area contributed by atoms with E-state index in [-0.39, 0.29) is 22.8 Å². The molecule has 0 aliphatic carbocycles. The van der Waals surface area contributed by atoms with E-state index >= 15 is 0 Å². The highest BCUT2D eigenvalue weighted by molar-refractivity contribution is 6.31. The van der Waals surface area contributed by atoms with E-state index in [0.29, 0.717) is 21.8 Å². The van der Waals surface area contributed by atoms with Gasteiger partial charge in [0.15, 0.2) is 11.5 Å². The van der Waals surface area contributed by atoms with Crippen LogP contribution in [-0.4, -0.2) is 23.2 Å². The van der Waals surface area contributed by atoms with Crippen LogP contribution in [0.15, 0.2) is 80.8 Å². The van der Waals surface area contributed by atoms with Crippen LogP contribution in [0.5, 0.6) is 5.75 Å². The number of aliphatic hydroxyl groups excluding tert-OH is 1. The van der Waals surface area contributed by atoms with Crippen LogP contribution in [0.25, 0.3) is 11.0 Å². The van der Waals surface area contributed by atoms with Crippen molar-refractivity contribution in [3.63, 3.8) is 0 Å². The average Bonchev–Trinajstić information content (AvgIpc) is 3.49. The van der Waals surface area contributed by atoms with Crippen molar-refractivity contribution in [2.24, 2.45) is 0 Å². The summed E-state index contributed by atoms with van der Waals surface area (Å²) in [6, 6.07) is 12.5. The Bertz CT molecular complexity index is 1530. The maximum absolute atomic E-state index is 13.5. The fourth-order valence-electron chi connectivity index (χ4n) is 4.04. The first kappa shape index (κ1) is 23.6. The molecule has 1 atom stereocenters. The Morgan fingerprint density at radius 1 is 1.06 bits per heavy atom. The van der Waals surface area contributed by atoms with E-state index in [1.165, 1.54) is 24.3 Å². The summed E-state index contributed by atoms with van der Waals surface area (Å²) in [6.45, 7) is 1.65. The topological polar surface area (TPSA) is 93.1 Å². The largest absolute Gasteiger partial charge is 0.573 e. The van der Waals surface area contributed by atoms with Crippen LogP contribution >= 0.6 is 11.6 Å². The normalized spacial score (nSPS) is 16.3. The second-order valence-corrected chi connectivity index (χ2v) is 8.39. The van der Waals surface area contributed by atoms with Gasteiger partial charge in [-0.1, -0.05) is 11.6 Å². The summed E-state index contributed by atoms with van der Waals surface area (Å²) in [5.41, 5.74) is 0.157. The molecule has 0 spiro atoms. The number of ketones is 1. The Morgan fingerprint density at radius 3 is 2.42 bits per heavy atom. The fraction of sp³-hybridized carbons (Fsp3) is 0.120. The number of aliphatic hydroxyl groups is 1. The Morgan fingerprint density at radius 2 is 1.78 bits per heavy atom. The van der Waals surface area contributed by atoms with Crippen LogP contribution < -0.4 is 9.64 Å². The molecule has 1 aliphatic heterocycles. The third kappa shape index (κ3) is 4.20. The molecule has 3 heterocycles. The van der Waals surface area contributed by atoms with Gasteiger partial charge in [-0.05, 0) is 67.6 Å². The van der Waals surface area contributed by atoms with Gasteiger partial charge >= 0.3 is 6.36 Å². The standard InChI is InChI=1S/C25H15ClF3NO6/c1-12-2-8-18(34-12)21-20(22(31)19-11-13-10-14(26)3-9-17(13)35-19)23(32)24(33)30(21)15-4-6-16(7-5-15)36-25(27,28)29/h2-11,21,32H,1H3. The lowest BCUT2D eigenvalue weighted by Crippen LogP contribution is -2.30. The molecule has 0 fully saturated rings. The van der Waals surface area contributed by atoms with Crippen molar-refractivity contribution >= 4 is 39.9 Å². The molecule has 7 nitrogen and oxygen atoms in total. The maximum Gasteiger partial charge on any atom is 0.573 e. The van der Waals surface area contributed by atoms with Crippen molar-refractivity contribution in [1.82, 2.24) is 0 Å². The van der Waals surface area contributed by atoms with E-state index in [1.807, 2.05) is 0 Å². The lowest BCUT2D eigenvalue weighted by molar-refractivity contribution is -0.274. The molecule has 11 heteroatoms. The lowest BCUT2D eigenvalue weighted by Gasteiger charge is -2.25.